The molecule has 0 saturated carbocycles. The summed E-state index contributed by atoms with van der Waals surface area (Å²) in [5, 5.41) is 6.67. The Bertz CT molecular complexity index is 819. The zero-order valence-corrected chi connectivity index (χ0v) is 12.5. The van der Waals surface area contributed by atoms with Crippen LogP contribution in [-0.2, 0) is 18.4 Å². The highest BCUT2D eigenvalue weighted by Gasteiger charge is 2.17. The summed E-state index contributed by atoms with van der Waals surface area (Å²) < 4.78 is 3.26. The van der Waals surface area contributed by atoms with Gasteiger partial charge in [-0.1, -0.05) is 12.1 Å². The van der Waals surface area contributed by atoms with E-state index in [2.05, 4.69) is 15.4 Å². The van der Waals surface area contributed by atoms with Gasteiger partial charge < -0.3 is 9.88 Å². The van der Waals surface area contributed by atoms with E-state index < -0.39 is 11.7 Å². The number of hydrogen-bond acceptors (Lipinski definition) is 4. The molecule has 2 heterocycles. The number of Topliss-reactive ketones (excluding diaryl/α,β-unsaturated/α-hetero) is 1. The van der Waals surface area contributed by atoms with E-state index in [0.29, 0.717) is 5.69 Å². The molecule has 116 valence electrons. The molecule has 23 heavy (non-hydrogen) atoms. The van der Waals surface area contributed by atoms with Gasteiger partial charge >= 0.3 is 0 Å². The monoisotopic (exact) mass is 309 g/mol. The molecule has 3 aromatic rings. The lowest BCUT2D eigenvalue weighted by Crippen LogP contribution is -2.31. The van der Waals surface area contributed by atoms with Crippen LogP contribution in [0.1, 0.15) is 16.1 Å². The van der Waals surface area contributed by atoms with Gasteiger partial charge in [0, 0.05) is 19.8 Å². The van der Waals surface area contributed by atoms with E-state index in [1.54, 1.807) is 41.0 Å². The summed E-state index contributed by atoms with van der Waals surface area (Å²) in [6.45, 7) is 0.284. The predicted molar refractivity (Wildman–Crippen MR) is 82.9 cm³/mol. The standard InChI is InChI=1S/C16H15N5O2/c1-20-8-2-3-14(20)15(22)16(23)18-9-12-4-6-13(7-5-12)21-11-17-10-19-21/h2-8,10-11H,9H2,1H3,(H,18,23). The number of aryl methyl sites for hydroxylation is 1. The van der Waals surface area contributed by atoms with Crippen molar-refractivity contribution in [1.29, 1.82) is 0 Å². The minimum absolute atomic E-state index is 0.284. The van der Waals surface area contributed by atoms with Crippen molar-refractivity contribution in [1.82, 2.24) is 24.6 Å². The van der Waals surface area contributed by atoms with Gasteiger partial charge in [0.2, 0.25) is 0 Å². The Morgan fingerprint density at radius 1 is 1.17 bits per heavy atom. The number of hydrogen-bond donors (Lipinski definition) is 1. The first kappa shape index (κ1) is 14.7. The Hall–Kier alpha value is -3.22. The van der Waals surface area contributed by atoms with Crippen molar-refractivity contribution in [2.75, 3.05) is 0 Å². The fourth-order valence-corrected chi connectivity index (χ4v) is 2.18. The van der Waals surface area contributed by atoms with Crippen molar-refractivity contribution >= 4 is 11.7 Å². The lowest BCUT2D eigenvalue weighted by Gasteiger charge is -2.06. The van der Waals surface area contributed by atoms with Crippen molar-refractivity contribution in [3.05, 3.63) is 66.5 Å². The van der Waals surface area contributed by atoms with Gasteiger partial charge in [-0.05, 0) is 29.8 Å². The molecule has 7 heteroatoms. The van der Waals surface area contributed by atoms with Crippen LogP contribution in [0.5, 0.6) is 0 Å². The van der Waals surface area contributed by atoms with Crippen molar-refractivity contribution in [2.45, 2.75) is 6.54 Å². The van der Waals surface area contributed by atoms with Crippen LogP contribution in [0.3, 0.4) is 0 Å². The second-order valence-electron chi connectivity index (χ2n) is 5.02. The maximum absolute atomic E-state index is 12.0. The van der Waals surface area contributed by atoms with Crippen LogP contribution >= 0.6 is 0 Å². The number of rotatable bonds is 5. The van der Waals surface area contributed by atoms with Crippen molar-refractivity contribution in [3.8, 4) is 5.69 Å². The quantitative estimate of drug-likeness (QED) is 0.565. The van der Waals surface area contributed by atoms with Gasteiger partial charge in [0.1, 0.15) is 12.7 Å². The van der Waals surface area contributed by atoms with Gasteiger partial charge in [-0.15, -0.1) is 0 Å². The first-order chi connectivity index (χ1) is 11.1. The predicted octanol–water partition coefficient (Wildman–Crippen LogP) is 1.10. The van der Waals surface area contributed by atoms with E-state index in [1.807, 2.05) is 24.3 Å². The molecule has 1 N–H and O–H groups in total. The summed E-state index contributed by atoms with van der Waals surface area (Å²) in [4.78, 5) is 27.8. The van der Waals surface area contributed by atoms with Gasteiger partial charge in [0.25, 0.3) is 11.7 Å². The summed E-state index contributed by atoms with van der Waals surface area (Å²) in [6.07, 6.45) is 4.79. The van der Waals surface area contributed by atoms with Crippen LogP contribution in [0, 0.1) is 0 Å². The smallest absolute Gasteiger partial charge is 0.294 e. The third kappa shape index (κ3) is 3.18. The molecule has 0 aliphatic rings. The SMILES string of the molecule is Cn1cccc1C(=O)C(=O)NCc1ccc(-n2cncn2)cc1. The number of amides is 1. The summed E-state index contributed by atoms with van der Waals surface area (Å²) >= 11 is 0. The topological polar surface area (TPSA) is 81.8 Å². The maximum atomic E-state index is 12.0. The number of nitrogens with one attached hydrogen (secondary N) is 1. The first-order valence-electron chi connectivity index (χ1n) is 7.03. The molecule has 0 radical (unpaired) electrons. The van der Waals surface area contributed by atoms with Crippen LogP contribution in [0.15, 0.2) is 55.2 Å². The van der Waals surface area contributed by atoms with Gasteiger partial charge in [-0.25, -0.2) is 9.67 Å². The minimum atomic E-state index is -0.618. The molecule has 2 aromatic heterocycles. The summed E-state index contributed by atoms with van der Waals surface area (Å²) in [5.41, 5.74) is 2.13. The molecular weight excluding hydrogens is 294 g/mol. The molecular formula is C16H15N5O2. The molecule has 0 atom stereocenters. The zero-order chi connectivity index (χ0) is 16.2. The molecule has 3 rings (SSSR count). The molecule has 0 fully saturated rings. The second-order valence-corrected chi connectivity index (χ2v) is 5.02. The first-order valence-corrected chi connectivity index (χ1v) is 7.03. The van der Waals surface area contributed by atoms with Crippen molar-refractivity contribution in [3.63, 3.8) is 0 Å². The fourth-order valence-electron chi connectivity index (χ4n) is 2.18. The molecule has 7 nitrogen and oxygen atoms in total. The molecule has 1 amide bonds. The summed E-state index contributed by atoms with van der Waals surface area (Å²) in [5.74, 6) is -1.16. The Morgan fingerprint density at radius 2 is 1.96 bits per heavy atom. The average Bonchev–Trinajstić information content (AvgIpc) is 3.24. The van der Waals surface area contributed by atoms with Crippen LogP contribution in [0.25, 0.3) is 5.69 Å². The van der Waals surface area contributed by atoms with Crippen LogP contribution in [-0.4, -0.2) is 31.0 Å². The maximum Gasteiger partial charge on any atom is 0.294 e. The number of benzene rings is 1. The number of nitrogens with zero attached hydrogens (tertiary/aromatic N) is 4. The highest BCUT2D eigenvalue weighted by atomic mass is 16.2. The van der Waals surface area contributed by atoms with E-state index in [4.69, 9.17) is 0 Å². The summed E-state index contributed by atoms with van der Waals surface area (Å²) in [6, 6.07) is 10.8. The number of ketones is 1. The van der Waals surface area contributed by atoms with Gasteiger partial charge in [0.15, 0.2) is 0 Å². The summed E-state index contributed by atoms with van der Waals surface area (Å²) in [7, 11) is 1.73. The van der Waals surface area contributed by atoms with Crippen LogP contribution in [0.2, 0.25) is 0 Å². The Kier molecular flexibility index (Phi) is 4.01. The average molecular weight is 309 g/mol. The van der Waals surface area contributed by atoms with E-state index in [1.165, 1.54) is 6.33 Å². The molecule has 0 spiro atoms. The number of aromatic nitrogens is 4. The zero-order valence-electron chi connectivity index (χ0n) is 12.5. The molecule has 0 aliphatic heterocycles. The molecule has 0 unspecified atom stereocenters. The Balaban J connectivity index is 1.61. The second kappa shape index (κ2) is 6.27. The molecule has 1 aromatic carbocycles. The van der Waals surface area contributed by atoms with Crippen LogP contribution < -0.4 is 5.32 Å². The number of carbonyl (C=O) groups is 2. The third-order valence-electron chi connectivity index (χ3n) is 3.46. The number of carbonyl (C=O) groups excluding carboxylic acids is 2. The van der Waals surface area contributed by atoms with Gasteiger partial charge in [0.05, 0.1) is 11.4 Å². The highest BCUT2D eigenvalue weighted by molar-refractivity contribution is 6.42. The Morgan fingerprint density at radius 3 is 2.57 bits per heavy atom. The normalized spacial score (nSPS) is 10.5. The third-order valence-corrected chi connectivity index (χ3v) is 3.46. The van der Waals surface area contributed by atoms with E-state index in [9.17, 15) is 9.59 Å². The van der Waals surface area contributed by atoms with E-state index in [0.717, 1.165) is 11.3 Å². The van der Waals surface area contributed by atoms with Crippen LogP contribution in [0.4, 0.5) is 0 Å². The van der Waals surface area contributed by atoms with Crippen molar-refractivity contribution in [2.24, 2.45) is 7.05 Å². The Labute approximate surface area is 132 Å². The van der Waals surface area contributed by atoms with E-state index >= 15 is 0 Å². The minimum Gasteiger partial charge on any atom is -0.348 e. The fraction of sp³-hybridized carbons (Fsp3) is 0.125. The molecule has 0 aliphatic carbocycles. The van der Waals surface area contributed by atoms with E-state index in [-0.39, 0.29) is 6.54 Å². The lowest BCUT2D eigenvalue weighted by atomic mass is 10.2. The van der Waals surface area contributed by atoms with Crippen molar-refractivity contribution < 1.29 is 9.59 Å². The largest absolute Gasteiger partial charge is 0.348 e. The molecule has 0 bridgehead atoms. The van der Waals surface area contributed by atoms with Gasteiger partial charge in [-0.3, -0.25) is 9.59 Å². The molecule has 0 saturated heterocycles. The highest BCUT2D eigenvalue weighted by Crippen LogP contribution is 2.08. The lowest BCUT2D eigenvalue weighted by molar-refractivity contribution is -0.117. The van der Waals surface area contributed by atoms with Gasteiger partial charge in [-0.2, -0.15) is 5.10 Å².